The molecule has 0 aliphatic rings. The number of aromatic nitrogens is 2. The highest BCUT2D eigenvalue weighted by molar-refractivity contribution is 5.89. The number of aromatic amines is 1. The Kier molecular flexibility index (Phi) is 1.33. The number of hydrogen-bond acceptors (Lipinski definition) is 2. The van der Waals surface area contributed by atoms with E-state index in [1.165, 1.54) is 5.56 Å². The lowest BCUT2D eigenvalue weighted by atomic mass is 10.1. The van der Waals surface area contributed by atoms with Gasteiger partial charge in [0.1, 0.15) is 5.52 Å². The fraction of sp³-hybridized carbons (Fsp3) is 0.222. The molecule has 3 heteroatoms. The number of benzene rings is 1. The minimum atomic E-state index is 0.784. The van der Waals surface area contributed by atoms with E-state index in [1.54, 1.807) is 6.33 Å². The van der Waals surface area contributed by atoms with Crippen molar-refractivity contribution in [1.29, 1.82) is 0 Å². The molecule has 1 aromatic heterocycles. The number of fused-ring (bicyclic) bond motifs is 1. The smallest absolute Gasteiger partial charge is 0.111 e. The van der Waals surface area contributed by atoms with E-state index in [2.05, 4.69) is 16.0 Å². The number of hydrogen-bond donors (Lipinski definition) is 2. The van der Waals surface area contributed by atoms with Gasteiger partial charge < -0.3 is 10.7 Å². The van der Waals surface area contributed by atoms with Crippen LogP contribution >= 0.6 is 0 Å². The van der Waals surface area contributed by atoms with E-state index < -0.39 is 0 Å². The molecule has 3 nitrogen and oxygen atoms in total. The van der Waals surface area contributed by atoms with Crippen LogP contribution in [0, 0.1) is 13.8 Å². The van der Waals surface area contributed by atoms with Gasteiger partial charge in [-0.3, -0.25) is 0 Å². The third-order valence-electron chi connectivity index (χ3n) is 2.28. The van der Waals surface area contributed by atoms with Gasteiger partial charge in [-0.05, 0) is 31.0 Å². The second-order valence-electron chi connectivity index (χ2n) is 3.03. The van der Waals surface area contributed by atoms with Gasteiger partial charge in [0, 0.05) is 0 Å². The Morgan fingerprint density at radius 3 is 2.92 bits per heavy atom. The number of rotatable bonds is 0. The number of nitrogen functional groups attached to an aromatic ring is 1. The normalized spacial score (nSPS) is 10.8. The predicted octanol–water partition coefficient (Wildman–Crippen LogP) is 1.76. The van der Waals surface area contributed by atoms with Crippen LogP contribution in [0.1, 0.15) is 11.1 Å². The first kappa shape index (κ1) is 7.16. The standard InChI is InChI=1S/C9H11N3/c1-5-3-7-9(12-4-11-7)8(10)6(5)2/h3-4H,10H2,1-2H3,(H,11,12). The summed E-state index contributed by atoms with van der Waals surface area (Å²) in [6.45, 7) is 4.06. The second-order valence-corrected chi connectivity index (χ2v) is 3.03. The summed E-state index contributed by atoms with van der Waals surface area (Å²) in [5, 5.41) is 0. The summed E-state index contributed by atoms with van der Waals surface area (Å²) in [5.74, 6) is 0. The lowest BCUT2D eigenvalue weighted by molar-refractivity contribution is 1.34. The third-order valence-corrected chi connectivity index (χ3v) is 2.28. The lowest BCUT2D eigenvalue weighted by Gasteiger charge is -2.03. The molecule has 1 aromatic carbocycles. The molecule has 1 heterocycles. The van der Waals surface area contributed by atoms with Crippen molar-refractivity contribution in [2.45, 2.75) is 13.8 Å². The second kappa shape index (κ2) is 2.24. The molecule has 0 amide bonds. The predicted molar refractivity (Wildman–Crippen MR) is 50.0 cm³/mol. The summed E-state index contributed by atoms with van der Waals surface area (Å²) in [5.41, 5.74) is 10.9. The number of nitrogens with two attached hydrogens (primary N) is 1. The highest BCUT2D eigenvalue weighted by atomic mass is 14.9. The quantitative estimate of drug-likeness (QED) is 0.578. The molecule has 3 N–H and O–H groups in total. The monoisotopic (exact) mass is 161 g/mol. The van der Waals surface area contributed by atoms with Gasteiger partial charge in [0.05, 0.1) is 17.5 Å². The first-order chi connectivity index (χ1) is 5.70. The Bertz CT molecular complexity index is 429. The van der Waals surface area contributed by atoms with Crippen molar-refractivity contribution in [3.8, 4) is 0 Å². The molecule has 0 aliphatic carbocycles. The van der Waals surface area contributed by atoms with E-state index in [0.29, 0.717) is 0 Å². The summed E-state index contributed by atoms with van der Waals surface area (Å²) < 4.78 is 0. The van der Waals surface area contributed by atoms with Gasteiger partial charge in [0.15, 0.2) is 0 Å². The molecule has 12 heavy (non-hydrogen) atoms. The highest BCUT2D eigenvalue weighted by Crippen LogP contribution is 2.24. The summed E-state index contributed by atoms with van der Waals surface area (Å²) >= 11 is 0. The molecule has 0 aliphatic heterocycles. The van der Waals surface area contributed by atoms with Crippen molar-refractivity contribution >= 4 is 16.7 Å². The zero-order valence-corrected chi connectivity index (χ0v) is 7.18. The molecule has 0 spiro atoms. The van der Waals surface area contributed by atoms with E-state index in [9.17, 15) is 0 Å². The molecule has 0 unspecified atom stereocenters. The minimum Gasteiger partial charge on any atom is -0.397 e. The first-order valence-corrected chi connectivity index (χ1v) is 3.89. The molecule has 2 rings (SSSR count). The van der Waals surface area contributed by atoms with Crippen molar-refractivity contribution in [2.75, 3.05) is 5.73 Å². The number of aryl methyl sites for hydroxylation is 1. The largest absolute Gasteiger partial charge is 0.397 e. The van der Waals surface area contributed by atoms with E-state index in [4.69, 9.17) is 5.73 Å². The average Bonchev–Trinajstić information content (AvgIpc) is 2.48. The van der Waals surface area contributed by atoms with Gasteiger partial charge in [0.25, 0.3) is 0 Å². The van der Waals surface area contributed by atoms with Gasteiger partial charge in [-0.25, -0.2) is 4.98 Å². The summed E-state index contributed by atoms with van der Waals surface area (Å²) in [4.78, 5) is 7.18. The molecule has 62 valence electrons. The number of anilines is 1. The molecule has 0 atom stereocenters. The highest BCUT2D eigenvalue weighted by Gasteiger charge is 2.05. The number of nitrogens with one attached hydrogen (secondary N) is 1. The maximum absolute atomic E-state index is 5.88. The summed E-state index contributed by atoms with van der Waals surface area (Å²) in [6, 6.07) is 2.06. The molecular weight excluding hydrogens is 150 g/mol. The minimum absolute atomic E-state index is 0.784. The Morgan fingerprint density at radius 1 is 1.42 bits per heavy atom. The topological polar surface area (TPSA) is 54.7 Å². The van der Waals surface area contributed by atoms with Crippen LogP contribution in [-0.2, 0) is 0 Å². The SMILES string of the molecule is Cc1cc2[nH]cnc2c(N)c1C. The van der Waals surface area contributed by atoms with E-state index in [1.807, 2.05) is 13.8 Å². The van der Waals surface area contributed by atoms with Crippen molar-refractivity contribution in [1.82, 2.24) is 9.97 Å². The van der Waals surface area contributed by atoms with Gasteiger partial charge in [-0.15, -0.1) is 0 Å². The maximum Gasteiger partial charge on any atom is 0.111 e. The summed E-state index contributed by atoms with van der Waals surface area (Å²) in [7, 11) is 0. The van der Waals surface area contributed by atoms with Gasteiger partial charge in [-0.1, -0.05) is 0 Å². The summed E-state index contributed by atoms with van der Waals surface area (Å²) in [6.07, 6.45) is 1.67. The van der Waals surface area contributed by atoms with Gasteiger partial charge in [0.2, 0.25) is 0 Å². The lowest BCUT2D eigenvalue weighted by Crippen LogP contribution is -1.93. The Hall–Kier alpha value is -1.51. The zero-order valence-electron chi connectivity index (χ0n) is 7.18. The van der Waals surface area contributed by atoms with Crippen LogP contribution in [0.2, 0.25) is 0 Å². The van der Waals surface area contributed by atoms with Crippen LogP contribution in [0.5, 0.6) is 0 Å². The third kappa shape index (κ3) is 0.794. The Balaban J connectivity index is 2.94. The number of H-pyrrole nitrogens is 1. The van der Waals surface area contributed by atoms with Crippen LogP contribution in [-0.4, -0.2) is 9.97 Å². The van der Waals surface area contributed by atoms with Gasteiger partial charge >= 0.3 is 0 Å². The van der Waals surface area contributed by atoms with Crippen LogP contribution in [0.3, 0.4) is 0 Å². The first-order valence-electron chi connectivity index (χ1n) is 3.89. The average molecular weight is 161 g/mol. The molecule has 2 aromatic rings. The van der Waals surface area contributed by atoms with E-state index >= 15 is 0 Å². The van der Waals surface area contributed by atoms with Gasteiger partial charge in [-0.2, -0.15) is 0 Å². The van der Waals surface area contributed by atoms with E-state index in [-0.39, 0.29) is 0 Å². The van der Waals surface area contributed by atoms with Crippen molar-refractivity contribution in [3.05, 3.63) is 23.5 Å². The van der Waals surface area contributed by atoms with Crippen LogP contribution in [0.15, 0.2) is 12.4 Å². The molecule has 0 bridgehead atoms. The molecule has 0 saturated carbocycles. The molecule has 0 radical (unpaired) electrons. The fourth-order valence-electron chi connectivity index (χ4n) is 1.34. The van der Waals surface area contributed by atoms with Crippen LogP contribution in [0.4, 0.5) is 5.69 Å². The van der Waals surface area contributed by atoms with E-state index in [0.717, 1.165) is 22.3 Å². The van der Waals surface area contributed by atoms with Crippen molar-refractivity contribution in [3.63, 3.8) is 0 Å². The molecular formula is C9H11N3. The van der Waals surface area contributed by atoms with Crippen LogP contribution in [0.25, 0.3) is 11.0 Å². The zero-order chi connectivity index (χ0) is 8.72. The maximum atomic E-state index is 5.88. The van der Waals surface area contributed by atoms with Crippen LogP contribution < -0.4 is 5.73 Å². The molecule has 0 saturated heterocycles. The van der Waals surface area contributed by atoms with Crippen molar-refractivity contribution < 1.29 is 0 Å². The molecule has 0 fully saturated rings. The Morgan fingerprint density at radius 2 is 2.17 bits per heavy atom. The number of imidazole rings is 1. The number of nitrogens with zero attached hydrogens (tertiary/aromatic N) is 1. The fourth-order valence-corrected chi connectivity index (χ4v) is 1.34. The Labute approximate surface area is 70.6 Å². The van der Waals surface area contributed by atoms with Crippen molar-refractivity contribution in [2.24, 2.45) is 0 Å².